The first-order chi connectivity index (χ1) is 8.70. The zero-order chi connectivity index (χ0) is 13.0. The minimum absolute atomic E-state index is 0.164. The average Bonchev–Trinajstić information content (AvgIpc) is 3.21. The smallest absolute Gasteiger partial charge is 0.222 e. The van der Waals surface area contributed by atoms with Gasteiger partial charge in [-0.05, 0) is 24.0 Å². The van der Waals surface area contributed by atoms with Crippen LogP contribution in [0.25, 0.3) is 0 Å². The van der Waals surface area contributed by atoms with Crippen LogP contribution in [-0.2, 0) is 11.2 Å². The number of aliphatic hydroxyl groups excluding tert-OH is 1. The van der Waals surface area contributed by atoms with Gasteiger partial charge in [-0.15, -0.1) is 0 Å². The fourth-order valence-corrected chi connectivity index (χ4v) is 2.08. The first-order valence-corrected chi connectivity index (χ1v) is 6.75. The molecule has 98 valence electrons. The third-order valence-corrected chi connectivity index (χ3v) is 3.33. The predicted octanol–water partition coefficient (Wildman–Crippen LogP) is 2.29. The van der Waals surface area contributed by atoms with Gasteiger partial charge in [-0.1, -0.05) is 37.6 Å². The number of aliphatic hydroxyl groups is 1. The largest absolute Gasteiger partial charge is 0.388 e. The van der Waals surface area contributed by atoms with Gasteiger partial charge in [-0.3, -0.25) is 4.79 Å². The normalized spacial score (nSPS) is 15.6. The van der Waals surface area contributed by atoms with E-state index in [0.29, 0.717) is 12.8 Å². The van der Waals surface area contributed by atoms with Crippen molar-refractivity contribution in [2.24, 2.45) is 0 Å². The van der Waals surface area contributed by atoms with Gasteiger partial charge >= 0.3 is 0 Å². The van der Waals surface area contributed by atoms with Crippen molar-refractivity contribution in [3.63, 3.8) is 0 Å². The summed E-state index contributed by atoms with van der Waals surface area (Å²) < 4.78 is 0. The van der Waals surface area contributed by atoms with Crippen LogP contribution in [0.2, 0.25) is 0 Å². The van der Waals surface area contributed by atoms with Gasteiger partial charge in [-0.2, -0.15) is 0 Å². The number of benzene rings is 1. The van der Waals surface area contributed by atoms with Gasteiger partial charge in [-0.25, -0.2) is 0 Å². The molecule has 1 unspecified atom stereocenters. The van der Waals surface area contributed by atoms with E-state index < -0.39 is 6.10 Å². The van der Waals surface area contributed by atoms with E-state index in [4.69, 9.17) is 0 Å². The maximum Gasteiger partial charge on any atom is 0.222 e. The third kappa shape index (κ3) is 3.57. The van der Waals surface area contributed by atoms with E-state index >= 15 is 0 Å². The van der Waals surface area contributed by atoms with Crippen LogP contribution in [0.4, 0.5) is 0 Å². The van der Waals surface area contributed by atoms with E-state index in [1.807, 2.05) is 12.1 Å². The van der Waals surface area contributed by atoms with E-state index in [1.165, 1.54) is 5.56 Å². The van der Waals surface area contributed by atoms with Crippen LogP contribution >= 0.6 is 0 Å². The van der Waals surface area contributed by atoms with E-state index in [-0.39, 0.29) is 5.91 Å². The lowest BCUT2D eigenvalue weighted by atomic mass is 10.0. The fraction of sp³-hybridized carbons (Fsp3) is 0.533. The Morgan fingerprint density at radius 1 is 1.33 bits per heavy atom. The summed E-state index contributed by atoms with van der Waals surface area (Å²) in [6.07, 6.45) is 2.64. The lowest BCUT2D eigenvalue weighted by Gasteiger charge is -2.11. The molecule has 2 rings (SSSR count). The second kappa shape index (κ2) is 6.01. The first-order valence-electron chi connectivity index (χ1n) is 6.75. The van der Waals surface area contributed by atoms with Gasteiger partial charge in [0.2, 0.25) is 5.91 Å². The Hall–Kier alpha value is -1.35. The molecule has 0 radical (unpaired) electrons. The summed E-state index contributed by atoms with van der Waals surface area (Å²) in [7, 11) is 0. The van der Waals surface area contributed by atoms with E-state index in [1.54, 1.807) is 4.90 Å². The van der Waals surface area contributed by atoms with E-state index in [2.05, 4.69) is 19.1 Å². The summed E-state index contributed by atoms with van der Waals surface area (Å²) in [6.45, 7) is 3.93. The molecule has 0 aromatic heterocycles. The molecule has 0 aliphatic carbocycles. The lowest BCUT2D eigenvalue weighted by Crippen LogP contribution is -2.11. The molecule has 1 amide bonds. The van der Waals surface area contributed by atoms with Crippen molar-refractivity contribution in [3.05, 3.63) is 35.4 Å². The fourth-order valence-electron chi connectivity index (χ4n) is 2.08. The van der Waals surface area contributed by atoms with E-state index in [0.717, 1.165) is 31.5 Å². The molecular weight excluding hydrogens is 226 g/mol. The van der Waals surface area contributed by atoms with Crippen LogP contribution in [0.15, 0.2) is 24.3 Å². The molecule has 1 saturated heterocycles. The maximum absolute atomic E-state index is 11.5. The molecule has 0 spiro atoms. The van der Waals surface area contributed by atoms with Crippen LogP contribution in [0, 0.1) is 0 Å². The highest BCUT2D eigenvalue weighted by Crippen LogP contribution is 2.20. The first kappa shape index (κ1) is 13.1. The molecule has 1 aromatic carbocycles. The Balaban J connectivity index is 1.83. The zero-order valence-corrected chi connectivity index (χ0v) is 10.9. The highest BCUT2D eigenvalue weighted by Gasteiger charge is 2.24. The number of amides is 1. The van der Waals surface area contributed by atoms with Crippen molar-refractivity contribution >= 4 is 5.91 Å². The zero-order valence-electron chi connectivity index (χ0n) is 10.9. The topological polar surface area (TPSA) is 40.3 Å². The van der Waals surface area contributed by atoms with Crippen LogP contribution < -0.4 is 0 Å². The second-order valence-corrected chi connectivity index (χ2v) is 4.93. The van der Waals surface area contributed by atoms with Gasteiger partial charge in [0.15, 0.2) is 0 Å². The number of nitrogens with zero attached hydrogens (tertiary/aromatic N) is 1. The Labute approximate surface area is 108 Å². The van der Waals surface area contributed by atoms with Gasteiger partial charge in [0, 0.05) is 19.5 Å². The second-order valence-electron chi connectivity index (χ2n) is 4.93. The Morgan fingerprint density at radius 3 is 2.56 bits per heavy atom. The summed E-state index contributed by atoms with van der Waals surface area (Å²) in [6, 6.07) is 8.07. The molecule has 0 saturated carbocycles. The van der Waals surface area contributed by atoms with Crippen molar-refractivity contribution in [1.82, 2.24) is 4.90 Å². The van der Waals surface area contributed by atoms with Crippen LogP contribution in [-0.4, -0.2) is 29.0 Å². The molecular formula is C15H21NO2. The minimum Gasteiger partial charge on any atom is -0.388 e. The van der Waals surface area contributed by atoms with Crippen molar-refractivity contribution in [2.75, 3.05) is 13.1 Å². The molecule has 1 aliphatic heterocycles. The summed E-state index contributed by atoms with van der Waals surface area (Å²) in [5, 5.41) is 10.0. The molecule has 18 heavy (non-hydrogen) atoms. The number of rotatable bonds is 6. The lowest BCUT2D eigenvalue weighted by molar-refractivity contribution is -0.126. The molecule has 3 heteroatoms. The molecule has 1 N–H and O–H groups in total. The van der Waals surface area contributed by atoms with Crippen LogP contribution in [0.1, 0.15) is 43.4 Å². The number of aryl methyl sites for hydroxylation is 1. The van der Waals surface area contributed by atoms with Crippen molar-refractivity contribution in [2.45, 2.75) is 38.7 Å². The van der Waals surface area contributed by atoms with Crippen molar-refractivity contribution in [3.8, 4) is 0 Å². The van der Waals surface area contributed by atoms with Crippen LogP contribution in [0.5, 0.6) is 0 Å². The monoisotopic (exact) mass is 247 g/mol. The molecule has 1 fully saturated rings. The van der Waals surface area contributed by atoms with Gasteiger partial charge in [0.25, 0.3) is 0 Å². The number of hydrogen-bond acceptors (Lipinski definition) is 2. The third-order valence-electron chi connectivity index (χ3n) is 3.33. The summed E-state index contributed by atoms with van der Waals surface area (Å²) in [5.41, 5.74) is 2.21. The van der Waals surface area contributed by atoms with Crippen molar-refractivity contribution in [1.29, 1.82) is 0 Å². The Kier molecular flexibility index (Phi) is 4.37. The number of hydrogen-bond donors (Lipinski definition) is 1. The predicted molar refractivity (Wildman–Crippen MR) is 71.2 cm³/mol. The highest BCUT2D eigenvalue weighted by molar-refractivity contribution is 5.78. The maximum atomic E-state index is 11.5. The molecule has 1 heterocycles. The van der Waals surface area contributed by atoms with Gasteiger partial charge in [0.05, 0.1) is 6.10 Å². The average molecular weight is 247 g/mol. The summed E-state index contributed by atoms with van der Waals surface area (Å²) >= 11 is 0. The van der Waals surface area contributed by atoms with Crippen LogP contribution in [0.3, 0.4) is 0 Å². The van der Waals surface area contributed by atoms with E-state index in [9.17, 15) is 9.90 Å². The summed E-state index contributed by atoms with van der Waals surface area (Å²) in [4.78, 5) is 13.3. The molecule has 1 aromatic rings. The molecule has 0 bridgehead atoms. The Bertz CT molecular complexity index is 395. The van der Waals surface area contributed by atoms with Gasteiger partial charge < -0.3 is 10.0 Å². The van der Waals surface area contributed by atoms with Crippen molar-refractivity contribution < 1.29 is 9.90 Å². The highest BCUT2D eigenvalue weighted by atomic mass is 16.3. The van der Waals surface area contributed by atoms with Gasteiger partial charge in [0.1, 0.15) is 0 Å². The Morgan fingerprint density at radius 2 is 2.00 bits per heavy atom. The number of carbonyl (C=O) groups is 1. The number of carbonyl (C=O) groups excluding carboxylic acids is 1. The minimum atomic E-state index is -0.524. The summed E-state index contributed by atoms with van der Waals surface area (Å²) in [5.74, 6) is 0.164. The standard InChI is InChI=1S/C15H21NO2/c1-2-3-12-4-6-13(7-5-12)14(17)8-9-15(18)16-10-11-16/h4-7,14,17H,2-3,8-11H2,1H3. The quantitative estimate of drug-likeness (QED) is 0.784. The molecule has 3 nitrogen and oxygen atoms in total. The molecule has 1 aliphatic rings. The molecule has 1 atom stereocenters. The SMILES string of the molecule is CCCc1ccc(C(O)CCC(=O)N2CC2)cc1.